The van der Waals surface area contributed by atoms with E-state index in [2.05, 4.69) is 31.5 Å². The Morgan fingerprint density at radius 2 is 2.41 bits per heavy atom. The molecule has 0 aliphatic carbocycles. The zero-order valence-corrected chi connectivity index (χ0v) is 11.7. The van der Waals surface area contributed by atoms with Crippen LogP contribution in [0.2, 0.25) is 0 Å². The first kappa shape index (κ1) is 13.0. The molecule has 4 heteroatoms. The summed E-state index contributed by atoms with van der Waals surface area (Å²) >= 11 is 1.78. The molecule has 1 aromatic heterocycles. The van der Waals surface area contributed by atoms with Gasteiger partial charge >= 0.3 is 0 Å². The van der Waals surface area contributed by atoms with Crippen LogP contribution in [0.5, 0.6) is 0 Å². The first-order valence-electron chi connectivity index (χ1n) is 6.48. The fourth-order valence-electron chi connectivity index (χ4n) is 2.20. The lowest BCUT2D eigenvalue weighted by Crippen LogP contribution is -2.28. The van der Waals surface area contributed by atoms with Gasteiger partial charge in [-0.1, -0.05) is 20.8 Å². The van der Waals surface area contributed by atoms with Gasteiger partial charge in [-0.3, -0.25) is 0 Å². The van der Waals surface area contributed by atoms with Crippen LogP contribution in [0.4, 0.5) is 0 Å². The van der Waals surface area contributed by atoms with Crippen LogP contribution in [0, 0.1) is 5.92 Å². The van der Waals surface area contributed by atoms with E-state index in [4.69, 9.17) is 9.72 Å². The van der Waals surface area contributed by atoms with Crippen LogP contribution in [0.15, 0.2) is 5.38 Å². The molecule has 0 saturated carbocycles. The number of rotatable bonds is 5. The smallest absolute Gasteiger partial charge is 0.110 e. The van der Waals surface area contributed by atoms with Gasteiger partial charge in [0.1, 0.15) is 5.01 Å². The van der Waals surface area contributed by atoms with Crippen LogP contribution in [-0.4, -0.2) is 24.7 Å². The molecule has 1 N–H and O–H groups in total. The van der Waals surface area contributed by atoms with Gasteiger partial charge in [0, 0.05) is 17.9 Å². The summed E-state index contributed by atoms with van der Waals surface area (Å²) in [5.74, 6) is 1.10. The summed E-state index contributed by atoms with van der Waals surface area (Å²) in [5, 5.41) is 6.98. The van der Waals surface area contributed by atoms with E-state index in [1.807, 2.05) is 0 Å². The van der Waals surface area contributed by atoms with Crippen molar-refractivity contribution < 1.29 is 4.74 Å². The molecule has 2 heterocycles. The third-order valence-electron chi connectivity index (χ3n) is 3.26. The summed E-state index contributed by atoms with van der Waals surface area (Å²) in [4.78, 5) is 4.77. The fourth-order valence-corrected chi connectivity index (χ4v) is 3.35. The van der Waals surface area contributed by atoms with Crippen molar-refractivity contribution in [1.29, 1.82) is 0 Å². The Bertz CT molecular complexity index is 345. The monoisotopic (exact) mass is 254 g/mol. The van der Waals surface area contributed by atoms with Crippen molar-refractivity contribution >= 4 is 11.3 Å². The number of nitrogens with zero attached hydrogens (tertiary/aromatic N) is 1. The average Bonchev–Trinajstić information content (AvgIpc) is 2.97. The van der Waals surface area contributed by atoms with Gasteiger partial charge in [0.05, 0.1) is 18.3 Å². The van der Waals surface area contributed by atoms with E-state index in [0.29, 0.717) is 17.9 Å². The number of thiazole rings is 1. The molecule has 1 aliphatic heterocycles. The van der Waals surface area contributed by atoms with Crippen LogP contribution in [-0.2, 0) is 4.74 Å². The first-order chi connectivity index (χ1) is 8.22. The fraction of sp³-hybridized carbons (Fsp3) is 0.769. The topological polar surface area (TPSA) is 34.2 Å². The van der Waals surface area contributed by atoms with Crippen molar-refractivity contribution in [3.05, 3.63) is 16.1 Å². The summed E-state index contributed by atoms with van der Waals surface area (Å²) in [6.45, 7) is 9.29. The molecule has 2 unspecified atom stereocenters. The Balaban J connectivity index is 2.13. The van der Waals surface area contributed by atoms with Gasteiger partial charge in [-0.25, -0.2) is 4.98 Å². The van der Waals surface area contributed by atoms with Crippen LogP contribution >= 0.6 is 11.3 Å². The van der Waals surface area contributed by atoms with Crippen LogP contribution in [0.3, 0.4) is 0 Å². The highest BCUT2D eigenvalue weighted by atomic mass is 32.1. The summed E-state index contributed by atoms with van der Waals surface area (Å²) in [5.41, 5.74) is 1.21. The zero-order chi connectivity index (χ0) is 12.3. The summed E-state index contributed by atoms with van der Waals surface area (Å²) in [7, 11) is 0. The Kier molecular flexibility index (Phi) is 4.54. The molecule has 0 aromatic carbocycles. The lowest BCUT2D eigenvalue weighted by atomic mass is 9.99. The zero-order valence-electron chi connectivity index (χ0n) is 10.9. The molecule has 17 heavy (non-hydrogen) atoms. The minimum absolute atomic E-state index is 0.375. The lowest BCUT2D eigenvalue weighted by molar-refractivity contribution is 0.177. The minimum atomic E-state index is 0.375. The van der Waals surface area contributed by atoms with Gasteiger partial charge in [-0.15, -0.1) is 11.3 Å². The van der Waals surface area contributed by atoms with Crippen molar-refractivity contribution in [2.75, 3.05) is 19.8 Å². The molecule has 0 amide bonds. The van der Waals surface area contributed by atoms with Crippen molar-refractivity contribution in [3.8, 4) is 0 Å². The van der Waals surface area contributed by atoms with E-state index >= 15 is 0 Å². The molecule has 0 radical (unpaired) electrons. The third kappa shape index (κ3) is 3.06. The number of ether oxygens (including phenoxy) is 1. The lowest BCUT2D eigenvalue weighted by Gasteiger charge is -2.20. The first-order valence-corrected chi connectivity index (χ1v) is 7.36. The maximum absolute atomic E-state index is 5.50. The second-order valence-corrected chi connectivity index (χ2v) is 5.81. The van der Waals surface area contributed by atoms with Crippen LogP contribution < -0.4 is 5.32 Å². The molecule has 0 bridgehead atoms. The number of hydrogen-bond donors (Lipinski definition) is 1. The quantitative estimate of drug-likeness (QED) is 0.877. The normalized spacial score (nSPS) is 22.2. The van der Waals surface area contributed by atoms with Crippen molar-refractivity contribution in [1.82, 2.24) is 10.3 Å². The summed E-state index contributed by atoms with van der Waals surface area (Å²) < 4.78 is 5.50. The molecule has 1 fully saturated rings. The predicted octanol–water partition coefficient (Wildman–Crippen LogP) is 2.95. The number of nitrogens with one attached hydrogen (secondary N) is 1. The van der Waals surface area contributed by atoms with E-state index in [9.17, 15) is 0 Å². The summed E-state index contributed by atoms with van der Waals surface area (Å²) in [6, 6.07) is 0.375. The Morgan fingerprint density at radius 3 is 2.94 bits per heavy atom. The molecular weight excluding hydrogens is 232 g/mol. The van der Waals surface area contributed by atoms with Gasteiger partial charge in [0.15, 0.2) is 0 Å². The Morgan fingerprint density at radius 1 is 1.59 bits per heavy atom. The average molecular weight is 254 g/mol. The molecule has 3 nitrogen and oxygen atoms in total. The Hall–Kier alpha value is -0.450. The maximum Gasteiger partial charge on any atom is 0.110 e. The Labute approximate surface area is 108 Å². The van der Waals surface area contributed by atoms with Crippen LogP contribution in [0.1, 0.15) is 49.9 Å². The van der Waals surface area contributed by atoms with E-state index in [0.717, 1.165) is 26.2 Å². The second-order valence-electron chi connectivity index (χ2n) is 4.92. The molecule has 0 spiro atoms. The largest absolute Gasteiger partial charge is 0.381 e. The molecule has 2 rings (SSSR count). The molecule has 1 aromatic rings. The maximum atomic E-state index is 5.50. The van der Waals surface area contributed by atoms with E-state index in [1.54, 1.807) is 11.3 Å². The molecule has 1 saturated heterocycles. The van der Waals surface area contributed by atoms with E-state index in [-0.39, 0.29) is 0 Å². The predicted molar refractivity (Wildman–Crippen MR) is 71.5 cm³/mol. The van der Waals surface area contributed by atoms with Gasteiger partial charge in [0.25, 0.3) is 0 Å². The van der Waals surface area contributed by atoms with Crippen molar-refractivity contribution in [2.24, 2.45) is 5.92 Å². The summed E-state index contributed by atoms with van der Waals surface area (Å²) in [6.07, 6.45) is 1.15. The van der Waals surface area contributed by atoms with Crippen LogP contribution in [0.25, 0.3) is 0 Å². The number of hydrogen-bond acceptors (Lipinski definition) is 4. The van der Waals surface area contributed by atoms with Gasteiger partial charge < -0.3 is 10.1 Å². The van der Waals surface area contributed by atoms with Gasteiger partial charge in [0.2, 0.25) is 0 Å². The second kappa shape index (κ2) is 5.94. The SMILES string of the molecule is CCNC(c1nc(C(C)C)cs1)C1CCOC1. The highest BCUT2D eigenvalue weighted by Crippen LogP contribution is 2.31. The highest BCUT2D eigenvalue weighted by molar-refractivity contribution is 7.09. The third-order valence-corrected chi connectivity index (χ3v) is 4.20. The van der Waals surface area contributed by atoms with Gasteiger partial charge in [-0.05, 0) is 18.9 Å². The standard InChI is InChI=1S/C13H22N2OS/c1-4-14-12(10-5-6-16-7-10)13-15-11(8-17-13)9(2)3/h8-10,12,14H,4-7H2,1-3H3. The van der Waals surface area contributed by atoms with Gasteiger partial charge in [-0.2, -0.15) is 0 Å². The molecule has 1 aliphatic rings. The highest BCUT2D eigenvalue weighted by Gasteiger charge is 2.28. The molecular formula is C13H22N2OS. The van der Waals surface area contributed by atoms with E-state index < -0.39 is 0 Å². The van der Waals surface area contributed by atoms with E-state index in [1.165, 1.54) is 10.7 Å². The van der Waals surface area contributed by atoms with Crippen molar-refractivity contribution in [3.63, 3.8) is 0 Å². The van der Waals surface area contributed by atoms with Crippen molar-refractivity contribution in [2.45, 2.75) is 39.2 Å². The molecule has 96 valence electrons. The number of aromatic nitrogens is 1. The molecule has 2 atom stereocenters. The minimum Gasteiger partial charge on any atom is -0.381 e.